The SMILES string of the molecule is Cc1ccc(C(=O)O)c(Nc2ccc(F)cc2)c1. The number of nitrogens with one attached hydrogen (secondary N) is 1. The Morgan fingerprint density at radius 2 is 1.83 bits per heavy atom. The molecule has 0 bridgehead atoms. The molecule has 0 saturated heterocycles. The lowest BCUT2D eigenvalue weighted by atomic mass is 10.1. The Morgan fingerprint density at radius 3 is 2.44 bits per heavy atom. The van der Waals surface area contributed by atoms with Gasteiger partial charge >= 0.3 is 5.97 Å². The standard InChI is InChI=1S/C14H12FNO2/c1-9-2-7-12(14(17)18)13(8-9)16-11-5-3-10(15)4-6-11/h2-8,16H,1H3,(H,17,18). The molecule has 0 fully saturated rings. The molecule has 0 aliphatic heterocycles. The molecule has 0 aromatic heterocycles. The number of rotatable bonds is 3. The van der Waals surface area contributed by atoms with Crippen LogP contribution < -0.4 is 5.32 Å². The second kappa shape index (κ2) is 4.87. The minimum Gasteiger partial charge on any atom is -0.478 e. The zero-order chi connectivity index (χ0) is 13.1. The van der Waals surface area contributed by atoms with Crippen LogP contribution in [0.1, 0.15) is 15.9 Å². The Labute approximate surface area is 104 Å². The first-order valence-corrected chi connectivity index (χ1v) is 5.43. The lowest BCUT2D eigenvalue weighted by Crippen LogP contribution is -2.03. The highest BCUT2D eigenvalue weighted by molar-refractivity contribution is 5.95. The van der Waals surface area contributed by atoms with Gasteiger partial charge in [0.15, 0.2) is 0 Å². The molecule has 18 heavy (non-hydrogen) atoms. The Bertz CT molecular complexity index is 579. The quantitative estimate of drug-likeness (QED) is 0.869. The first-order valence-electron chi connectivity index (χ1n) is 5.43. The molecular formula is C14H12FNO2. The zero-order valence-corrected chi connectivity index (χ0v) is 9.77. The number of aromatic carboxylic acids is 1. The summed E-state index contributed by atoms with van der Waals surface area (Å²) in [5.41, 5.74) is 2.27. The van der Waals surface area contributed by atoms with Gasteiger partial charge in [-0.1, -0.05) is 6.07 Å². The molecule has 4 heteroatoms. The maximum absolute atomic E-state index is 12.8. The lowest BCUT2D eigenvalue weighted by Gasteiger charge is -2.10. The summed E-state index contributed by atoms with van der Waals surface area (Å²) in [5.74, 6) is -1.33. The molecule has 2 rings (SSSR count). The molecule has 2 aromatic carbocycles. The van der Waals surface area contributed by atoms with Crippen molar-refractivity contribution in [1.82, 2.24) is 0 Å². The molecule has 0 spiro atoms. The van der Waals surface area contributed by atoms with Crippen molar-refractivity contribution in [3.63, 3.8) is 0 Å². The van der Waals surface area contributed by atoms with Gasteiger partial charge in [-0.3, -0.25) is 0 Å². The Hall–Kier alpha value is -2.36. The first-order chi connectivity index (χ1) is 8.56. The molecule has 0 radical (unpaired) electrons. The Morgan fingerprint density at radius 1 is 1.17 bits per heavy atom. The molecule has 0 unspecified atom stereocenters. The van der Waals surface area contributed by atoms with Crippen molar-refractivity contribution < 1.29 is 14.3 Å². The number of benzene rings is 2. The largest absolute Gasteiger partial charge is 0.478 e. The number of aryl methyl sites for hydroxylation is 1. The first kappa shape index (κ1) is 12.1. The van der Waals surface area contributed by atoms with Crippen LogP contribution in [0.5, 0.6) is 0 Å². The molecule has 92 valence electrons. The molecule has 0 aliphatic rings. The van der Waals surface area contributed by atoms with E-state index in [4.69, 9.17) is 5.11 Å². The predicted molar refractivity (Wildman–Crippen MR) is 67.8 cm³/mol. The van der Waals surface area contributed by atoms with E-state index < -0.39 is 5.97 Å². The monoisotopic (exact) mass is 245 g/mol. The molecular weight excluding hydrogens is 233 g/mol. The van der Waals surface area contributed by atoms with E-state index in [0.29, 0.717) is 11.4 Å². The van der Waals surface area contributed by atoms with Crippen LogP contribution in [0.4, 0.5) is 15.8 Å². The van der Waals surface area contributed by atoms with Crippen molar-refractivity contribution in [2.24, 2.45) is 0 Å². The topological polar surface area (TPSA) is 49.3 Å². The molecule has 0 atom stereocenters. The van der Waals surface area contributed by atoms with Gasteiger partial charge in [0.1, 0.15) is 5.82 Å². The van der Waals surface area contributed by atoms with Gasteiger partial charge in [-0.15, -0.1) is 0 Å². The van der Waals surface area contributed by atoms with E-state index in [9.17, 15) is 9.18 Å². The van der Waals surface area contributed by atoms with Gasteiger partial charge in [0.05, 0.1) is 11.3 Å². The third-order valence-electron chi connectivity index (χ3n) is 2.53. The number of carboxylic acids is 1. The number of carboxylic acid groups (broad SMARTS) is 1. The van der Waals surface area contributed by atoms with Crippen LogP contribution in [-0.4, -0.2) is 11.1 Å². The fourth-order valence-electron chi connectivity index (χ4n) is 1.64. The summed E-state index contributed by atoms with van der Waals surface area (Å²) in [5, 5.41) is 12.1. The Kier molecular flexibility index (Phi) is 3.28. The van der Waals surface area contributed by atoms with E-state index >= 15 is 0 Å². The van der Waals surface area contributed by atoms with E-state index in [1.54, 1.807) is 30.3 Å². The highest BCUT2D eigenvalue weighted by Crippen LogP contribution is 2.22. The average molecular weight is 245 g/mol. The molecule has 3 nitrogen and oxygen atoms in total. The van der Waals surface area contributed by atoms with E-state index in [1.807, 2.05) is 6.92 Å². The Balaban J connectivity index is 2.35. The summed E-state index contributed by atoms with van der Waals surface area (Å²) in [6.07, 6.45) is 0. The van der Waals surface area contributed by atoms with Crippen molar-refractivity contribution in [3.05, 3.63) is 59.4 Å². The van der Waals surface area contributed by atoms with E-state index in [2.05, 4.69) is 5.32 Å². The van der Waals surface area contributed by atoms with Crippen molar-refractivity contribution in [2.75, 3.05) is 5.32 Å². The van der Waals surface area contributed by atoms with Crippen LogP contribution in [0.25, 0.3) is 0 Å². The van der Waals surface area contributed by atoms with E-state index in [-0.39, 0.29) is 11.4 Å². The molecule has 0 aliphatic carbocycles. The molecule has 2 aromatic rings. The van der Waals surface area contributed by atoms with Crippen LogP contribution >= 0.6 is 0 Å². The molecule has 0 saturated carbocycles. The van der Waals surface area contributed by atoms with Gasteiger partial charge < -0.3 is 10.4 Å². The molecule has 0 heterocycles. The van der Waals surface area contributed by atoms with Gasteiger partial charge in [-0.05, 0) is 48.9 Å². The fraction of sp³-hybridized carbons (Fsp3) is 0.0714. The van der Waals surface area contributed by atoms with Gasteiger partial charge in [0.25, 0.3) is 0 Å². The number of anilines is 2. The van der Waals surface area contributed by atoms with Crippen molar-refractivity contribution >= 4 is 17.3 Å². The van der Waals surface area contributed by atoms with Crippen molar-refractivity contribution in [3.8, 4) is 0 Å². The second-order valence-corrected chi connectivity index (χ2v) is 3.99. The predicted octanol–water partition coefficient (Wildman–Crippen LogP) is 3.58. The number of hydrogen-bond donors (Lipinski definition) is 2. The number of hydrogen-bond acceptors (Lipinski definition) is 2. The van der Waals surface area contributed by atoms with Crippen LogP contribution in [0.3, 0.4) is 0 Å². The maximum atomic E-state index is 12.8. The van der Waals surface area contributed by atoms with E-state index in [0.717, 1.165) is 5.56 Å². The summed E-state index contributed by atoms with van der Waals surface area (Å²) < 4.78 is 12.8. The van der Waals surface area contributed by atoms with Gasteiger partial charge in [-0.2, -0.15) is 0 Å². The average Bonchev–Trinajstić information content (AvgIpc) is 2.32. The van der Waals surface area contributed by atoms with Crippen molar-refractivity contribution in [1.29, 1.82) is 0 Å². The van der Waals surface area contributed by atoms with Gasteiger partial charge in [0.2, 0.25) is 0 Å². The highest BCUT2D eigenvalue weighted by Gasteiger charge is 2.10. The van der Waals surface area contributed by atoms with Gasteiger partial charge in [-0.25, -0.2) is 9.18 Å². The smallest absolute Gasteiger partial charge is 0.337 e. The summed E-state index contributed by atoms with van der Waals surface area (Å²) in [7, 11) is 0. The van der Waals surface area contributed by atoms with E-state index in [1.165, 1.54) is 12.1 Å². The third kappa shape index (κ3) is 2.66. The van der Waals surface area contributed by atoms with Crippen LogP contribution in [0.15, 0.2) is 42.5 Å². The summed E-state index contributed by atoms with van der Waals surface area (Å²) >= 11 is 0. The van der Waals surface area contributed by atoms with Crippen LogP contribution in [0, 0.1) is 12.7 Å². The highest BCUT2D eigenvalue weighted by atomic mass is 19.1. The summed E-state index contributed by atoms with van der Waals surface area (Å²) in [6, 6.07) is 10.8. The molecule has 0 amide bonds. The minimum atomic E-state index is -1.00. The summed E-state index contributed by atoms with van der Waals surface area (Å²) in [4.78, 5) is 11.1. The summed E-state index contributed by atoms with van der Waals surface area (Å²) in [6.45, 7) is 1.88. The minimum absolute atomic E-state index is 0.185. The molecule has 2 N–H and O–H groups in total. The number of halogens is 1. The zero-order valence-electron chi connectivity index (χ0n) is 9.77. The maximum Gasteiger partial charge on any atom is 0.337 e. The normalized spacial score (nSPS) is 10.1. The lowest BCUT2D eigenvalue weighted by molar-refractivity contribution is 0.0698. The van der Waals surface area contributed by atoms with Crippen LogP contribution in [0.2, 0.25) is 0 Å². The van der Waals surface area contributed by atoms with Crippen LogP contribution in [-0.2, 0) is 0 Å². The van der Waals surface area contributed by atoms with Crippen molar-refractivity contribution in [2.45, 2.75) is 6.92 Å². The second-order valence-electron chi connectivity index (χ2n) is 3.99. The van der Waals surface area contributed by atoms with Gasteiger partial charge in [0, 0.05) is 5.69 Å². The third-order valence-corrected chi connectivity index (χ3v) is 2.53. The fourth-order valence-corrected chi connectivity index (χ4v) is 1.64. The number of carbonyl (C=O) groups is 1.